The van der Waals surface area contributed by atoms with Crippen LogP contribution in [-0.4, -0.2) is 26.8 Å². The third-order valence-corrected chi connectivity index (χ3v) is 2.69. The van der Waals surface area contributed by atoms with Gasteiger partial charge >= 0.3 is 0 Å². The van der Waals surface area contributed by atoms with Crippen molar-refractivity contribution in [2.45, 2.75) is 18.9 Å². The fourth-order valence-corrected chi connectivity index (χ4v) is 1.93. The van der Waals surface area contributed by atoms with Gasteiger partial charge in [-0.1, -0.05) is 0 Å². The minimum absolute atomic E-state index is 0.236. The average Bonchev–Trinajstić information content (AvgIpc) is 2.69. The van der Waals surface area contributed by atoms with Crippen LogP contribution in [0.25, 0.3) is 5.57 Å². The maximum atomic E-state index is 11.1. The predicted molar refractivity (Wildman–Crippen MR) is 46.4 cm³/mol. The summed E-state index contributed by atoms with van der Waals surface area (Å²) in [6, 6.07) is 0.422. The lowest BCUT2D eigenvalue weighted by Gasteiger charge is -2.32. The lowest BCUT2D eigenvalue weighted by molar-refractivity contribution is -0.140. The fourth-order valence-electron chi connectivity index (χ4n) is 1.93. The van der Waals surface area contributed by atoms with Crippen LogP contribution in [0.15, 0.2) is 18.7 Å². The van der Waals surface area contributed by atoms with E-state index in [-0.39, 0.29) is 5.91 Å². The minimum atomic E-state index is 0.236. The highest BCUT2D eigenvalue weighted by Crippen LogP contribution is 2.36. The number of nitrogens with one attached hydrogen (secondary N) is 1. The summed E-state index contributed by atoms with van der Waals surface area (Å²) in [5.41, 5.74) is 2.22. The highest BCUT2D eigenvalue weighted by molar-refractivity contribution is 5.88. The lowest BCUT2D eigenvalue weighted by atomic mass is 10.0. The molecule has 0 bridgehead atoms. The Morgan fingerprint density at radius 1 is 1.54 bits per heavy atom. The molecule has 0 spiro atoms. The Morgan fingerprint density at radius 2 is 2.46 bits per heavy atom. The monoisotopic (exact) mass is 175 g/mol. The Bertz CT molecular complexity index is 380. The zero-order chi connectivity index (χ0) is 8.84. The van der Waals surface area contributed by atoms with E-state index in [4.69, 9.17) is 0 Å². The van der Waals surface area contributed by atoms with Crippen molar-refractivity contribution < 1.29 is 4.79 Å². The number of aromatic amines is 1. The highest BCUT2D eigenvalue weighted by atomic mass is 16.2. The molecule has 13 heavy (non-hydrogen) atoms. The molecule has 0 unspecified atom stereocenters. The van der Waals surface area contributed by atoms with Crippen molar-refractivity contribution in [2.24, 2.45) is 0 Å². The number of H-pyrrole nitrogens is 1. The van der Waals surface area contributed by atoms with Crippen LogP contribution in [0.5, 0.6) is 0 Å². The standard InChI is InChI=1S/C9H9N3O/c13-9-2-7-1-6(4-12(7)9)8-3-10-5-11-8/h3-5,7H,1-2H2,(H,10,11)/t7-/m1/s1. The SMILES string of the molecule is O=C1C[C@H]2CC(c3cnc[nH]3)=CN12. The van der Waals surface area contributed by atoms with Crippen LogP contribution in [0.4, 0.5) is 0 Å². The van der Waals surface area contributed by atoms with Crippen LogP contribution in [0.3, 0.4) is 0 Å². The molecule has 1 amide bonds. The Labute approximate surface area is 75.3 Å². The van der Waals surface area contributed by atoms with E-state index in [9.17, 15) is 4.79 Å². The fraction of sp³-hybridized carbons (Fsp3) is 0.333. The number of β-lactam (4-membered cyclic amide) rings is 1. The molecule has 66 valence electrons. The van der Waals surface area contributed by atoms with Gasteiger partial charge in [-0.05, 0) is 12.0 Å². The van der Waals surface area contributed by atoms with Gasteiger partial charge in [0.2, 0.25) is 5.91 Å². The number of hydrogen-bond acceptors (Lipinski definition) is 2. The summed E-state index contributed by atoms with van der Waals surface area (Å²) in [6.45, 7) is 0. The van der Waals surface area contributed by atoms with E-state index >= 15 is 0 Å². The van der Waals surface area contributed by atoms with Gasteiger partial charge in [0.1, 0.15) is 0 Å². The Kier molecular flexibility index (Phi) is 1.17. The van der Waals surface area contributed by atoms with Crippen LogP contribution in [0.1, 0.15) is 18.5 Å². The van der Waals surface area contributed by atoms with Crippen LogP contribution in [0, 0.1) is 0 Å². The van der Waals surface area contributed by atoms with Crippen molar-refractivity contribution in [2.75, 3.05) is 0 Å². The molecular weight excluding hydrogens is 166 g/mol. The van der Waals surface area contributed by atoms with Crippen LogP contribution < -0.4 is 0 Å². The number of carbonyl (C=O) groups excluding carboxylic acids is 1. The quantitative estimate of drug-likeness (QED) is 0.640. The number of carbonyl (C=O) groups is 1. The molecule has 0 saturated carbocycles. The maximum absolute atomic E-state index is 11.1. The second kappa shape index (κ2) is 2.22. The Balaban J connectivity index is 1.92. The van der Waals surface area contributed by atoms with Gasteiger partial charge in [-0.2, -0.15) is 0 Å². The smallest absolute Gasteiger partial charge is 0.228 e. The summed E-state index contributed by atoms with van der Waals surface area (Å²) in [6.07, 6.45) is 7.06. The predicted octanol–water partition coefficient (Wildman–Crippen LogP) is 0.755. The third kappa shape index (κ3) is 0.854. The maximum Gasteiger partial charge on any atom is 0.228 e. The van der Waals surface area contributed by atoms with E-state index in [0.29, 0.717) is 12.5 Å². The van der Waals surface area contributed by atoms with Gasteiger partial charge in [-0.25, -0.2) is 4.98 Å². The van der Waals surface area contributed by atoms with E-state index in [1.54, 1.807) is 12.5 Å². The van der Waals surface area contributed by atoms with Crippen molar-refractivity contribution in [1.29, 1.82) is 0 Å². The van der Waals surface area contributed by atoms with Crippen molar-refractivity contribution >= 4 is 11.5 Å². The topological polar surface area (TPSA) is 49.0 Å². The van der Waals surface area contributed by atoms with Crippen LogP contribution >= 0.6 is 0 Å². The van der Waals surface area contributed by atoms with Gasteiger partial charge in [0.15, 0.2) is 0 Å². The molecule has 0 aliphatic carbocycles. The van der Waals surface area contributed by atoms with E-state index in [1.165, 1.54) is 5.57 Å². The number of fused-ring (bicyclic) bond motifs is 1. The first-order chi connectivity index (χ1) is 6.34. The first-order valence-electron chi connectivity index (χ1n) is 4.35. The first kappa shape index (κ1) is 6.88. The molecule has 1 aromatic rings. The first-order valence-corrected chi connectivity index (χ1v) is 4.35. The molecule has 4 nitrogen and oxygen atoms in total. The van der Waals surface area contributed by atoms with E-state index in [0.717, 1.165) is 12.1 Å². The van der Waals surface area contributed by atoms with Crippen molar-refractivity contribution in [1.82, 2.24) is 14.9 Å². The van der Waals surface area contributed by atoms with Crippen molar-refractivity contribution in [3.63, 3.8) is 0 Å². The summed E-state index contributed by atoms with van der Waals surface area (Å²) in [7, 11) is 0. The largest absolute Gasteiger partial charge is 0.345 e. The molecule has 3 rings (SSSR count). The minimum Gasteiger partial charge on any atom is -0.345 e. The summed E-state index contributed by atoms with van der Waals surface area (Å²) in [5, 5.41) is 0. The Hall–Kier alpha value is -1.58. The number of nitrogens with zero attached hydrogens (tertiary/aromatic N) is 2. The zero-order valence-electron chi connectivity index (χ0n) is 7.03. The average molecular weight is 175 g/mol. The van der Waals surface area contributed by atoms with Crippen molar-refractivity contribution in [3.8, 4) is 0 Å². The van der Waals surface area contributed by atoms with Gasteiger partial charge in [-0.15, -0.1) is 0 Å². The molecule has 0 aromatic carbocycles. The van der Waals surface area contributed by atoms with Gasteiger partial charge in [0.05, 0.1) is 18.2 Å². The molecule has 1 N–H and O–H groups in total. The van der Waals surface area contributed by atoms with Gasteiger partial charge in [-0.3, -0.25) is 4.79 Å². The highest BCUT2D eigenvalue weighted by Gasteiger charge is 2.39. The summed E-state index contributed by atoms with van der Waals surface area (Å²) < 4.78 is 0. The van der Waals surface area contributed by atoms with Gasteiger partial charge in [0.25, 0.3) is 0 Å². The molecule has 1 fully saturated rings. The summed E-state index contributed by atoms with van der Waals surface area (Å²) >= 11 is 0. The number of imidazole rings is 1. The van der Waals surface area contributed by atoms with E-state index < -0.39 is 0 Å². The lowest BCUT2D eigenvalue weighted by Crippen LogP contribution is -2.45. The van der Waals surface area contributed by atoms with E-state index in [2.05, 4.69) is 9.97 Å². The van der Waals surface area contributed by atoms with Gasteiger partial charge in [0, 0.05) is 18.7 Å². The molecule has 0 radical (unpaired) electrons. The number of amides is 1. The molecule has 1 saturated heterocycles. The van der Waals surface area contributed by atoms with Crippen LogP contribution in [0.2, 0.25) is 0 Å². The number of aromatic nitrogens is 2. The third-order valence-electron chi connectivity index (χ3n) is 2.69. The van der Waals surface area contributed by atoms with Crippen molar-refractivity contribution in [3.05, 3.63) is 24.4 Å². The second-order valence-electron chi connectivity index (χ2n) is 3.48. The molecular formula is C9H9N3O. The molecule has 2 aliphatic rings. The molecule has 2 aliphatic heterocycles. The molecule has 1 aromatic heterocycles. The number of rotatable bonds is 1. The summed E-state index contributed by atoms with van der Waals surface area (Å²) in [4.78, 5) is 19.9. The molecule has 3 heterocycles. The summed E-state index contributed by atoms with van der Waals surface area (Å²) in [5.74, 6) is 0.236. The zero-order valence-corrected chi connectivity index (χ0v) is 7.03. The normalized spacial score (nSPS) is 25.5. The number of hydrogen-bond donors (Lipinski definition) is 1. The Morgan fingerprint density at radius 3 is 3.08 bits per heavy atom. The van der Waals surface area contributed by atoms with E-state index in [1.807, 2.05) is 11.1 Å². The molecule has 1 atom stereocenters. The molecule has 4 heteroatoms. The van der Waals surface area contributed by atoms with Crippen LogP contribution in [-0.2, 0) is 4.79 Å². The van der Waals surface area contributed by atoms with Gasteiger partial charge < -0.3 is 9.88 Å². The second-order valence-corrected chi connectivity index (χ2v) is 3.48.